The van der Waals surface area contributed by atoms with Crippen LogP contribution in [0.15, 0.2) is 57.9 Å². The topological polar surface area (TPSA) is 139 Å². The summed E-state index contributed by atoms with van der Waals surface area (Å²) in [6.45, 7) is 2.91. The van der Waals surface area contributed by atoms with Crippen molar-refractivity contribution in [3.05, 3.63) is 70.9 Å². The minimum atomic E-state index is -3.93. The quantitative estimate of drug-likeness (QED) is 0.545. The van der Waals surface area contributed by atoms with Gasteiger partial charge in [0.15, 0.2) is 0 Å². The van der Waals surface area contributed by atoms with Crippen LogP contribution in [0.3, 0.4) is 0 Å². The number of aromatic nitrogens is 1. The van der Waals surface area contributed by atoms with Gasteiger partial charge >= 0.3 is 0 Å². The summed E-state index contributed by atoms with van der Waals surface area (Å²) in [4.78, 5) is 37.9. The summed E-state index contributed by atoms with van der Waals surface area (Å²) in [5.74, 6) is -1.64. The molecule has 1 aliphatic rings. The number of hydrogen-bond acceptors (Lipinski definition) is 7. The van der Waals surface area contributed by atoms with Crippen molar-refractivity contribution in [3.8, 4) is 0 Å². The summed E-state index contributed by atoms with van der Waals surface area (Å²) >= 11 is 0. The molecule has 0 saturated heterocycles. The number of sulfonamides is 1. The Bertz CT molecular complexity index is 1310. The van der Waals surface area contributed by atoms with E-state index in [2.05, 4.69) is 15.2 Å². The molecule has 0 spiro atoms. The van der Waals surface area contributed by atoms with Crippen molar-refractivity contribution in [2.24, 2.45) is 0 Å². The maximum absolute atomic E-state index is 12.5. The predicted molar refractivity (Wildman–Crippen MR) is 114 cm³/mol. The van der Waals surface area contributed by atoms with Crippen LogP contribution < -0.4 is 10.0 Å². The number of nitrogens with zero attached hydrogens (tertiary/aromatic N) is 2. The van der Waals surface area contributed by atoms with Gasteiger partial charge in [-0.25, -0.2) is 13.1 Å². The van der Waals surface area contributed by atoms with Crippen molar-refractivity contribution in [1.82, 2.24) is 10.1 Å². The molecular formula is C21H18N4O6S. The van der Waals surface area contributed by atoms with Crippen molar-refractivity contribution in [2.75, 3.05) is 16.6 Å². The number of anilines is 2. The third-order valence-electron chi connectivity index (χ3n) is 5.01. The number of fused-ring (bicyclic) bond motifs is 1. The fourth-order valence-corrected chi connectivity index (χ4v) is 4.18. The largest absolute Gasteiger partial charge is 0.337 e. The second-order valence-electron chi connectivity index (χ2n) is 7.14. The first-order chi connectivity index (χ1) is 15.2. The first kappa shape index (κ1) is 21.2. The Labute approximate surface area is 183 Å². The molecule has 2 N–H and O–H groups in total. The fourth-order valence-electron chi connectivity index (χ4n) is 3.14. The highest BCUT2D eigenvalue weighted by Crippen LogP contribution is 2.24. The van der Waals surface area contributed by atoms with E-state index in [0.717, 1.165) is 4.90 Å². The summed E-state index contributed by atoms with van der Waals surface area (Å²) in [6, 6.07) is 11.7. The van der Waals surface area contributed by atoms with Crippen molar-refractivity contribution >= 4 is 39.3 Å². The number of amides is 3. The first-order valence-electron chi connectivity index (χ1n) is 9.48. The summed E-state index contributed by atoms with van der Waals surface area (Å²) in [6.07, 6.45) is 0. The van der Waals surface area contributed by atoms with Crippen LogP contribution in [-0.4, -0.2) is 42.7 Å². The Balaban J connectivity index is 1.42. The molecule has 0 saturated carbocycles. The van der Waals surface area contributed by atoms with Crippen LogP contribution in [0.5, 0.6) is 0 Å². The molecule has 2 heterocycles. The number of rotatable bonds is 6. The van der Waals surface area contributed by atoms with Crippen LogP contribution in [0.2, 0.25) is 0 Å². The highest BCUT2D eigenvalue weighted by Gasteiger charge is 2.36. The van der Waals surface area contributed by atoms with Gasteiger partial charge in [0.05, 0.1) is 21.7 Å². The molecule has 1 aromatic heterocycles. The molecule has 32 heavy (non-hydrogen) atoms. The Hall–Kier alpha value is -3.99. The molecule has 0 atom stereocenters. The smallest absolute Gasteiger partial charge is 0.264 e. The van der Waals surface area contributed by atoms with Crippen LogP contribution in [0.4, 0.5) is 11.6 Å². The lowest BCUT2D eigenvalue weighted by atomic mass is 10.1. The van der Waals surface area contributed by atoms with Crippen molar-refractivity contribution in [2.45, 2.75) is 18.7 Å². The zero-order valence-electron chi connectivity index (χ0n) is 17.1. The number of carbonyl (C=O) groups is 3. The molecule has 0 aliphatic carbocycles. The van der Waals surface area contributed by atoms with Crippen LogP contribution in [0.25, 0.3) is 0 Å². The van der Waals surface area contributed by atoms with Gasteiger partial charge in [-0.1, -0.05) is 17.3 Å². The van der Waals surface area contributed by atoms with Gasteiger partial charge in [-0.3, -0.25) is 19.3 Å². The monoisotopic (exact) mass is 454 g/mol. The molecule has 2 aromatic carbocycles. The van der Waals surface area contributed by atoms with Gasteiger partial charge in [0, 0.05) is 11.3 Å². The fraction of sp³-hybridized carbons (Fsp3) is 0.143. The molecule has 11 heteroatoms. The summed E-state index contributed by atoms with van der Waals surface area (Å²) < 4.78 is 32.4. The lowest BCUT2D eigenvalue weighted by Crippen LogP contribution is -2.37. The van der Waals surface area contributed by atoms with Crippen molar-refractivity contribution in [3.63, 3.8) is 0 Å². The van der Waals surface area contributed by atoms with Crippen molar-refractivity contribution < 1.29 is 27.3 Å². The van der Waals surface area contributed by atoms with E-state index in [0.29, 0.717) is 16.9 Å². The lowest BCUT2D eigenvalue weighted by molar-refractivity contribution is -0.116. The average Bonchev–Trinajstić information content (AvgIpc) is 3.20. The van der Waals surface area contributed by atoms with E-state index in [1.165, 1.54) is 36.4 Å². The highest BCUT2D eigenvalue weighted by atomic mass is 32.2. The van der Waals surface area contributed by atoms with E-state index in [9.17, 15) is 22.8 Å². The zero-order chi connectivity index (χ0) is 23.0. The van der Waals surface area contributed by atoms with Crippen LogP contribution in [0, 0.1) is 13.8 Å². The maximum atomic E-state index is 12.5. The minimum absolute atomic E-state index is 0.0285. The number of aryl methyl sites for hydroxylation is 1. The van der Waals surface area contributed by atoms with Crippen LogP contribution in [-0.2, 0) is 14.8 Å². The van der Waals surface area contributed by atoms with Gasteiger partial charge in [-0.2, -0.15) is 0 Å². The number of imide groups is 1. The Morgan fingerprint density at radius 2 is 1.59 bits per heavy atom. The number of benzene rings is 2. The Morgan fingerprint density at radius 3 is 2.12 bits per heavy atom. The molecule has 10 nitrogen and oxygen atoms in total. The molecular weight excluding hydrogens is 436 g/mol. The number of hydrogen-bond donors (Lipinski definition) is 2. The molecule has 0 radical (unpaired) electrons. The maximum Gasteiger partial charge on any atom is 0.264 e. The summed E-state index contributed by atoms with van der Waals surface area (Å²) in [5.41, 5.74) is 1.95. The van der Waals surface area contributed by atoms with E-state index >= 15 is 0 Å². The second kappa shape index (κ2) is 7.93. The van der Waals surface area contributed by atoms with E-state index in [1.807, 2.05) is 0 Å². The molecule has 3 amide bonds. The van der Waals surface area contributed by atoms with Gasteiger partial charge in [0.2, 0.25) is 11.8 Å². The molecule has 0 unspecified atom stereocenters. The van der Waals surface area contributed by atoms with Gasteiger partial charge in [-0.05, 0) is 50.2 Å². The third-order valence-corrected chi connectivity index (χ3v) is 6.36. The SMILES string of the molecule is Cc1noc(NS(=O)(=O)c2ccc(NC(=O)CN3C(=O)c4ccccc4C3=O)cc2)c1C. The van der Waals surface area contributed by atoms with E-state index < -0.39 is 34.3 Å². The van der Waals surface area contributed by atoms with E-state index in [1.54, 1.807) is 26.0 Å². The van der Waals surface area contributed by atoms with Gasteiger partial charge < -0.3 is 9.84 Å². The lowest BCUT2D eigenvalue weighted by Gasteiger charge is -2.14. The zero-order valence-corrected chi connectivity index (χ0v) is 17.9. The third kappa shape index (κ3) is 3.85. The van der Waals surface area contributed by atoms with Gasteiger partial charge in [0.25, 0.3) is 21.8 Å². The standard InChI is InChI=1S/C21H18N4O6S/c1-12-13(2)23-31-19(12)24-32(29,30)15-9-7-14(8-10-15)22-18(26)11-25-20(27)16-5-3-4-6-17(16)21(25)28/h3-10,24H,11H2,1-2H3,(H,22,26). The molecule has 1 aliphatic heterocycles. The van der Waals surface area contributed by atoms with E-state index in [4.69, 9.17) is 4.52 Å². The number of nitrogens with one attached hydrogen (secondary N) is 2. The average molecular weight is 454 g/mol. The second-order valence-corrected chi connectivity index (χ2v) is 8.82. The van der Waals surface area contributed by atoms with Gasteiger partial charge in [0.1, 0.15) is 6.54 Å². The van der Waals surface area contributed by atoms with Gasteiger partial charge in [-0.15, -0.1) is 0 Å². The van der Waals surface area contributed by atoms with E-state index in [-0.39, 0.29) is 21.9 Å². The summed E-state index contributed by atoms with van der Waals surface area (Å²) in [7, 11) is -3.93. The van der Waals surface area contributed by atoms with Crippen molar-refractivity contribution in [1.29, 1.82) is 0 Å². The Kier molecular flexibility index (Phi) is 5.26. The predicted octanol–water partition coefficient (Wildman–Crippen LogP) is 2.33. The molecule has 164 valence electrons. The normalized spacial score (nSPS) is 13.2. The first-order valence-corrected chi connectivity index (χ1v) is 11.0. The summed E-state index contributed by atoms with van der Waals surface area (Å²) in [5, 5.41) is 6.25. The highest BCUT2D eigenvalue weighted by molar-refractivity contribution is 7.92. The minimum Gasteiger partial charge on any atom is -0.337 e. The van der Waals surface area contributed by atoms with Crippen LogP contribution in [0.1, 0.15) is 32.0 Å². The molecule has 3 aromatic rings. The molecule has 0 bridgehead atoms. The Morgan fingerprint density at radius 1 is 1.00 bits per heavy atom. The van der Waals surface area contributed by atoms with Crippen LogP contribution >= 0.6 is 0 Å². The number of carbonyl (C=O) groups excluding carboxylic acids is 3. The molecule has 4 rings (SSSR count). The molecule has 0 fully saturated rings.